The number of nitriles is 1. The minimum Gasteiger partial charge on any atom is -0.444 e. The molecule has 0 unspecified atom stereocenters. The van der Waals surface area contributed by atoms with Gasteiger partial charge >= 0.3 is 6.09 Å². The maximum Gasteiger partial charge on any atom is 0.410 e. The summed E-state index contributed by atoms with van der Waals surface area (Å²) in [7, 11) is 0. The Bertz CT molecular complexity index is 832. The summed E-state index contributed by atoms with van der Waals surface area (Å²) < 4.78 is 6.51. The molecule has 1 aromatic heterocycles. The number of carbonyl (C=O) groups is 1. The van der Waals surface area contributed by atoms with Crippen molar-refractivity contribution in [3.8, 4) is 17.3 Å². The predicted octanol–water partition coefficient (Wildman–Crippen LogP) is 4.66. The van der Waals surface area contributed by atoms with Crippen LogP contribution in [0.3, 0.4) is 0 Å². The van der Waals surface area contributed by atoms with Crippen molar-refractivity contribution in [1.29, 1.82) is 5.26 Å². The fourth-order valence-electron chi connectivity index (χ4n) is 2.99. The van der Waals surface area contributed by atoms with E-state index in [1.165, 1.54) is 0 Å². The molecule has 3 rings (SSSR count). The van der Waals surface area contributed by atoms with Crippen LogP contribution in [0.2, 0.25) is 0 Å². The van der Waals surface area contributed by atoms with E-state index < -0.39 is 11.7 Å². The zero-order valence-corrected chi connectivity index (χ0v) is 16.6. The number of imidazole rings is 1. The van der Waals surface area contributed by atoms with Crippen LogP contribution in [0, 0.1) is 17.2 Å². The average Bonchev–Trinajstić information content (AvgIpc) is 3.20. The monoisotopic (exact) mass is 416 g/mol. The quantitative estimate of drug-likeness (QED) is 0.771. The number of carbonyl (C=O) groups excluding carboxylic acids is 1. The minimum atomic E-state index is -0.585. The number of aromatic nitrogens is 2. The number of hydrogen-bond acceptors (Lipinski definition) is 4. The van der Waals surface area contributed by atoms with Crippen molar-refractivity contribution >= 4 is 22.0 Å². The fourth-order valence-corrected chi connectivity index (χ4v) is 3.26. The molecule has 136 valence electrons. The molecule has 2 aromatic rings. The molecule has 0 spiro atoms. The Morgan fingerprint density at radius 1 is 1.38 bits per heavy atom. The molecule has 0 aliphatic carbocycles. The zero-order chi connectivity index (χ0) is 18.9. The van der Waals surface area contributed by atoms with Crippen LogP contribution < -0.4 is 0 Å². The minimum absolute atomic E-state index is 0.228. The molecular weight excluding hydrogens is 396 g/mol. The van der Waals surface area contributed by atoms with Gasteiger partial charge in [-0.15, -0.1) is 0 Å². The number of ether oxygens (including phenoxy) is 1. The van der Waals surface area contributed by atoms with Gasteiger partial charge in [0, 0.05) is 11.0 Å². The zero-order valence-electron chi connectivity index (χ0n) is 15.0. The Labute approximate surface area is 161 Å². The highest BCUT2D eigenvalue weighted by Crippen LogP contribution is 2.35. The summed E-state index contributed by atoms with van der Waals surface area (Å²) in [4.78, 5) is 21.9. The fraction of sp³-hybridized carbons (Fsp3) is 0.421. The molecule has 0 saturated carbocycles. The molecule has 1 N–H and O–H groups in total. The van der Waals surface area contributed by atoms with Gasteiger partial charge in [0.1, 0.15) is 11.4 Å². The molecule has 1 amide bonds. The first-order valence-corrected chi connectivity index (χ1v) is 9.26. The van der Waals surface area contributed by atoms with E-state index in [1.807, 2.05) is 45.0 Å². The van der Waals surface area contributed by atoms with Gasteiger partial charge in [-0.05, 0) is 44.9 Å². The highest BCUT2D eigenvalue weighted by atomic mass is 79.9. The third-order valence-electron chi connectivity index (χ3n) is 4.18. The highest BCUT2D eigenvalue weighted by molar-refractivity contribution is 9.10. The number of H-pyrrole nitrogens is 1. The maximum atomic E-state index is 12.6. The highest BCUT2D eigenvalue weighted by Gasteiger charge is 2.40. The first-order chi connectivity index (χ1) is 12.3. The van der Waals surface area contributed by atoms with Crippen LogP contribution in [-0.2, 0) is 4.74 Å². The lowest BCUT2D eigenvalue weighted by atomic mass is 10.1. The normalized spacial score (nSPS) is 20.0. The summed E-state index contributed by atoms with van der Waals surface area (Å²) in [6, 6.07) is 9.86. The first-order valence-electron chi connectivity index (χ1n) is 8.47. The summed E-state index contributed by atoms with van der Waals surface area (Å²) in [6.07, 6.45) is 1.89. The lowest BCUT2D eigenvalue weighted by molar-refractivity contribution is 0.0216. The van der Waals surface area contributed by atoms with Crippen molar-refractivity contribution in [2.45, 2.75) is 38.8 Å². The molecule has 2 atom stereocenters. The number of nitrogens with zero attached hydrogens (tertiary/aromatic N) is 3. The average molecular weight is 417 g/mol. The Hall–Kier alpha value is -2.33. The van der Waals surface area contributed by atoms with E-state index in [4.69, 9.17) is 4.74 Å². The molecule has 1 saturated heterocycles. The van der Waals surface area contributed by atoms with Gasteiger partial charge in [0.25, 0.3) is 0 Å². The molecule has 1 fully saturated rings. The van der Waals surface area contributed by atoms with Gasteiger partial charge in [-0.3, -0.25) is 4.90 Å². The van der Waals surface area contributed by atoms with E-state index in [-0.39, 0.29) is 12.0 Å². The summed E-state index contributed by atoms with van der Waals surface area (Å²) in [5, 5.41) is 9.31. The van der Waals surface area contributed by atoms with E-state index in [1.54, 1.807) is 11.1 Å². The number of nitrogens with one attached hydrogen (secondary N) is 1. The van der Waals surface area contributed by atoms with Crippen LogP contribution in [0.4, 0.5) is 4.79 Å². The number of halogens is 1. The van der Waals surface area contributed by atoms with E-state index >= 15 is 0 Å². The molecule has 2 heterocycles. The smallest absolute Gasteiger partial charge is 0.410 e. The molecule has 1 aromatic carbocycles. The van der Waals surface area contributed by atoms with Gasteiger partial charge in [-0.1, -0.05) is 28.1 Å². The topological polar surface area (TPSA) is 82.0 Å². The molecular formula is C19H21BrN4O2. The number of aromatic amines is 1. The van der Waals surface area contributed by atoms with Crippen LogP contribution in [0.15, 0.2) is 34.9 Å². The molecule has 1 aliphatic heterocycles. The number of benzene rings is 1. The van der Waals surface area contributed by atoms with Crippen molar-refractivity contribution in [1.82, 2.24) is 14.9 Å². The number of hydrogen-bond donors (Lipinski definition) is 1. The van der Waals surface area contributed by atoms with E-state index in [0.717, 1.165) is 15.7 Å². The molecule has 6 nitrogen and oxygen atoms in total. The lowest BCUT2D eigenvalue weighted by Crippen LogP contribution is -2.37. The van der Waals surface area contributed by atoms with Crippen molar-refractivity contribution < 1.29 is 9.53 Å². The summed E-state index contributed by atoms with van der Waals surface area (Å²) >= 11 is 3.42. The largest absolute Gasteiger partial charge is 0.444 e. The van der Waals surface area contributed by atoms with Gasteiger partial charge in [-0.25, -0.2) is 9.78 Å². The Morgan fingerprint density at radius 3 is 2.69 bits per heavy atom. The molecule has 26 heavy (non-hydrogen) atoms. The van der Waals surface area contributed by atoms with Crippen LogP contribution in [0.1, 0.15) is 39.1 Å². The molecule has 1 aliphatic rings. The first kappa shape index (κ1) is 18.5. The van der Waals surface area contributed by atoms with Gasteiger partial charge in [-0.2, -0.15) is 5.26 Å². The molecule has 0 bridgehead atoms. The SMILES string of the molecule is CC(C)(C)OC(=O)N1C[C@H](C#N)C[C@H]1c1ncc(-c2ccc(Br)cc2)[nH]1. The Balaban J connectivity index is 1.85. The number of amides is 1. The van der Waals surface area contributed by atoms with E-state index in [9.17, 15) is 10.1 Å². The van der Waals surface area contributed by atoms with Gasteiger partial charge in [0.15, 0.2) is 0 Å². The maximum absolute atomic E-state index is 12.6. The lowest BCUT2D eigenvalue weighted by Gasteiger charge is -2.27. The van der Waals surface area contributed by atoms with Crippen molar-refractivity contribution in [2.75, 3.05) is 6.54 Å². The van der Waals surface area contributed by atoms with Crippen LogP contribution >= 0.6 is 15.9 Å². The predicted molar refractivity (Wildman–Crippen MR) is 101 cm³/mol. The van der Waals surface area contributed by atoms with Gasteiger partial charge < -0.3 is 9.72 Å². The van der Waals surface area contributed by atoms with Crippen LogP contribution in [-0.4, -0.2) is 33.1 Å². The molecule has 7 heteroatoms. The summed E-state index contributed by atoms with van der Waals surface area (Å²) in [5.41, 5.74) is 1.29. The summed E-state index contributed by atoms with van der Waals surface area (Å²) in [5.74, 6) is 0.445. The van der Waals surface area contributed by atoms with Crippen LogP contribution in [0.25, 0.3) is 11.3 Å². The van der Waals surface area contributed by atoms with E-state index in [2.05, 4.69) is 32.0 Å². The second-order valence-electron chi connectivity index (χ2n) is 7.40. The standard InChI is InChI=1S/C19H21BrN4O2/c1-19(2,3)26-18(25)24-11-12(9-21)8-16(24)17-22-10-15(23-17)13-4-6-14(20)7-5-13/h4-7,10,12,16H,8,11H2,1-3H3,(H,22,23)/t12-,16-/m0/s1. The third kappa shape index (κ3) is 4.07. The third-order valence-corrected chi connectivity index (χ3v) is 4.71. The van der Waals surface area contributed by atoms with Gasteiger partial charge in [0.05, 0.1) is 29.9 Å². The van der Waals surface area contributed by atoms with Crippen molar-refractivity contribution in [2.24, 2.45) is 5.92 Å². The summed E-state index contributed by atoms with van der Waals surface area (Å²) in [6.45, 7) is 5.84. The second-order valence-corrected chi connectivity index (χ2v) is 8.31. The van der Waals surface area contributed by atoms with E-state index in [0.29, 0.717) is 18.8 Å². The second kappa shape index (κ2) is 7.12. The van der Waals surface area contributed by atoms with Crippen molar-refractivity contribution in [3.63, 3.8) is 0 Å². The Kier molecular flexibility index (Phi) is 5.05. The number of likely N-dealkylation sites (tertiary alicyclic amines) is 1. The van der Waals surface area contributed by atoms with Gasteiger partial charge in [0.2, 0.25) is 0 Å². The van der Waals surface area contributed by atoms with Crippen molar-refractivity contribution in [3.05, 3.63) is 40.8 Å². The molecule has 0 radical (unpaired) electrons. The number of rotatable bonds is 2. The van der Waals surface area contributed by atoms with Crippen LogP contribution in [0.5, 0.6) is 0 Å². The Morgan fingerprint density at radius 2 is 2.08 bits per heavy atom.